The minimum atomic E-state index is -0.649. The molecule has 0 N–H and O–H groups in total. The Labute approximate surface area is 192 Å². The monoisotopic (exact) mass is 457 g/mol. The van der Waals surface area contributed by atoms with Crippen molar-refractivity contribution < 1.29 is 28.2 Å². The summed E-state index contributed by atoms with van der Waals surface area (Å²) in [5, 5.41) is 3.88. The van der Waals surface area contributed by atoms with E-state index in [9.17, 15) is 4.39 Å². The minimum absolute atomic E-state index is 0.232. The Morgan fingerprint density at radius 1 is 1.18 bits per heavy atom. The Kier molecular flexibility index (Phi) is 7.10. The molecule has 0 aliphatic carbocycles. The lowest BCUT2D eigenvalue weighted by Gasteiger charge is -2.18. The van der Waals surface area contributed by atoms with E-state index in [4.69, 9.17) is 23.8 Å². The molecule has 2 aromatic rings. The van der Waals surface area contributed by atoms with Crippen LogP contribution in [-0.4, -0.2) is 55.8 Å². The number of oxime groups is 1. The Morgan fingerprint density at radius 3 is 2.67 bits per heavy atom. The fourth-order valence-corrected chi connectivity index (χ4v) is 3.55. The summed E-state index contributed by atoms with van der Waals surface area (Å²) in [7, 11) is 1.63. The maximum absolute atomic E-state index is 14.0. The highest BCUT2D eigenvalue weighted by molar-refractivity contribution is 5.75. The van der Waals surface area contributed by atoms with Gasteiger partial charge in [0.25, 0.3) is 6.02 Å². The van der Waals surface area contributed by atoms with Crippen LogP contribution in [0.1, 0.15) is 25.0 Å². The van der Waals surface area contributed by atoms with E-state index >= 15 is 0 Å². The van der Waals surface area contributed by atoms with Crippen molar-refractivity contribution in [3.05, 3.63) is 59.4 Å². The van der Waals surface area contributed by atoms with Crippen LogP contribution in [-0.2, 0) is 27.4 Å². The molecule has 2 heterocycles. The normalized spacial score (nSPS) is 19.7. The van der Waals surface area contributed by atoms with Crippen molar-refractivity contribution in [3.8, 4) is 11.5 Å². The fraction of sp³-hybridized carbons (Fsp3) is 0.417. The molecule has 33 heavy (non-hydrogen) atoms. The van der Waals surface area contributed by atoms with Gasteiger partial charge in [-0.15, -0.1) is 0 Å². The van der Waals surface area contributed by atoms with Crippen LogP contribution in [0.4, 0.5) is 4.39 Å². The van der Waals surface area contributed by atoms with Crippen molar-refractivity contribution >= 4 is 12.2 Å². The van der Waals surface area contributed by atoms with E-state index < -0.39 is 11.6 Å². The maximum atomic E-state index is 14.0. The molecular formula is C24H28FN3O5. The van der Waals surface area contributed by atoms with Gasteiger partial charge in [-0.05, 0) is 25.0 Å². The van der Waals surface area contributed by atoms with Crippen molar-refractivity contribution in [2.75, 3.05) is 26.8 Å². The lowest BCUT2D eigenvalue weighted by Crippen LogP contribution is -2.28. The molecule has 0 spiro atoms. The van der Waals surface area contributed by atoms with Crippen LogP contribution in [0.15, 0.2) is 52.6 Å². The van der Waals surface area contributed by atoms with Gasteiger partial charge in [0, 0.05) is 31.3 Å². The molecule has 1 fully saturated rings. The second-order valence-electron chi connectivity index (χ2n) is 8.23. The average Bonchev–Trinajstić information content (AvgIpc) is 3.38. The molecule has 176 valence electrons. The summed E-state index contributed by atoms with van der Waals surface area (Å²) in [5.41, 5.74) is 2.11. The van der Waals surface area contributed by atoms with Gasteiger partial charge in [0.1, 0.15) is 24.3 Å². The number of aliphatic imine (C=N–C) groups is 1. The molecule has 0 unspecified atom stereocenters. The Morgan fingerprint density at radius 2 is 1.94 bits per heavy atom. The number of ether oxygens (including phenoxy) is 4. The topological polar surface area (TPSA) is 74.1 Å². The number of amidine groups is 1. The van der Waals surface area contributed by atoms with Gasteiger partial charge >= 0.3 is 0 Å². The molecule has 2 aromatic carbocycles. The molecule has 9 heteroatoms. The van der Waals surface area contributed by atoms with E-state index in [0.29, 0.717) is 25.0 Å². The first-order chi connectivity index (χ1) is 15.9. The summed E-state index contributed by atoms with van der Waals surface area (Å²) in [6, 6.07) is 12.9. The fourth-order valence-electron chi connectivity index (χ4n) is 3.55. The largest absolute Gasteiger partial charge is 0.489 e. The van der Waals surface area contributed by atoms with Crippen LogP contribution in [0.5, 0.6) is 11.5 Å². The van der Waals surface area contributed by atoms with Crippen LogP contribution in [0.2, 0.25) is 0 Å². The number of hydrogen-bond acceptors (Lipinski definition) is 8. The van der Waals surface area contributed by atoms with Gasteiger partial charge in [-0.2, -0.15) is 0 Å². The van der Waals surface area contributed by atoms with Crippen LogP contribution >= 0.6 is 0 Å². The molecule has 1 atom stereocenters. The second kappa shape index (κ2) is 10.2. The second-order valence-corrected chi connectivity index (χ2v) is 8.23. The summed E-state index contributed by atoms with van der Waals surface area (Å²) in [6.07, 6.45) is 1.18. The van der Waals surface area contributed by atoms with Crippen molar-refractivity contribution in [1.29, 1.82) is 0 Å². The van der Waals surface area contributed by atoms with Crippen LogP contribution < -0.4 is 9.57 Å². The van der Waals surface area contributed by atoms with E-state index in [-0.39, 0.29) is 11.9 Å². The number of methoxy groups -OCH3 is 1. The summed E-state index contributed by atoms with van der Waals surface area (Å²) < 4.78 is 36.1. The quantitative estimate of drug-likeness (QED) is 0.444. The molecule has 4 rings (SSSR count). The van der Waals surface area contributed by atoms with Crippen molar-refractivity contribution in [2.45, 2.75) is 38.9 Å². The summed E-state index contributed by atoms with van der Waals surface area (Å²) in [4.78, 5) is 11.7. The predicted octanol–water partition coefficient (Wildman–Crippen LogP) is 3.74. The first-order valence-corrected chi connectivity index (χ1v) is 10.8. The smallest absolute Gasteiger partial charge is 0.287 e. The highest BCUT2D eigenvalue weighted by atomic mass is 19.1. The molecule has 0 aromatic heterocycles. The van der Waals surface area contributed by atoms with Gasteiger partial charge < -0.3 is 28.7 Å². The lowest BCUT2D eigenvalue weighted by molar-refractivity contribution is -0.131. The Bertz CT molecular complexity index is 1010. The van der Waals surface area contributed by atoms with Crippen molar-refractivity contribution in [2.24, 2.45) is 10.1 Å². The zero-order valence-corrected chi connectivity index (χ0v) is 19.0. The zero-order chi connectivity index (χ0) is 23.3. The SMILES string of the molecule is COC1=NCCN1Cc1ccc(COc2cc(F)cc(O/N=C/[C@H]3COC(C)(C)O3)c2)cc1. The molecule has 2 aliphatic heterocycles. The molecule has 0 saturated carbocycles. The van der Waals surface area contributed by atoms with Crippen LogP contribution in [0.3, 0.4) is 0 Å². The number of rotatable bonds is 8. The highest BCUT2D eigenvalue weighted by Crippen LogP contribution is 2.24. The third kappa shape index (κ3) is 6.43. The maximum Gasteiger partial charge on any atom is 0.287 e. The number of nitrogens with zero attached hydrogens (tertiary/aromatic N) is 3. The van der Waals surface area contributed by atoms with E-state index in [1.807, 2.05) is 38.1 Å². The number of hydrogen-bond donors (Lipinski definition) is 0. The third-order valence-corrected chi connectivity index (χ3v) is 5.13. The van der Waals surface area contributed by atoms with E-state index in [1.165, 1.54) is 18.3 Å². The predicted molar refractivity (Wildman–Crippen MR) is 121 cm³/mol. The average molecular weight is 458 g/mol. The third-order valence-electron chi connectivity index (χ3n) is 5.13. The molecular weight excluding hydrogens is 429 g/mol. The van der Waals surface area contributed by atoms with Gasteiger partial charge in [0.15, 0.2) is 11.5 Å². The Balaban J connectivity index is 1.29. The molecule has 1 saturated heterocycles. The summed E-state index contributed by atoms with van der Waals surface area (Å²) in [6.45, 7) is 6.66. The highest BCUT2D eigenvalue weighted by Gasteiger charge is 2.31. The molecule has 0 amide bonds. The standard InChI is InChI=1S/C24H28FN3O5/c1-24(2)31-16-22(32-24)13-27-33-21-11-19(25)10-20(12-21)30-15-18-6-4-17(5-7-18)14-28-9-8-26-23(28)29-3/h4-7,10-13,22H,8-9,14-16H2,1-3H3/b27-13+/t22-/m0/s1. The number of benzene rings is 2. The van der Waals surface area contributed by atoms with Gasteiger partial charge in [0.05, 0.1) is 26.5 Å². The van der Waals surface area contributed by atoms with Gasteiger partial charge in [-0.25, -0.2) is 9.38 Å². The van der Waals surface area contributed by atoms with Gasteiger partial charge in [-0.3, -0.25) is 0 Å². The summed E-state index contributed by atoms with van der Waals surface area (Å²) in [5.74, 6) is -0.542. The van der Waals surface area contributed by atoms with Crippen LogP contribution in [0.25, 0.3) is 0 Å². The van der Waals surface area contributed by atoms with E-state index in [0.717, 1.165) is 30.8 Å². The van der Waals surface area contributed by atoms with Crippen LogP contribution in [0, 0.1) is 5.82 Å². The molecule has 2 aliphatic rings. The number of halogens is 1. The first-order valence-electron chi connectivity index (χ1n) is 10.8. The van der Waals surface area contributed by atoms with Gasteiger partial charge in [0.2, 0.25) is 0 Å². The first kappa shape index (κ1) is 23.0. The molecule has 8 nitrogen and oxygen atoms in total. The molecule has 0 radical (unpaired) electrons. The van der Waals surface area contributed by atoms with Crippen molar-refractivity contribution in [3.63, 3.8) is 0 Å². The lowest BCUT2D eigenvalue weighted by atomic mass is 10.1. The van der Waals surface area contributed by atoms with Crippen molar-refractivity contribution in [1.82, 2.24) is 4.90 Å². The summed E-state index contributed by atoms with van der Waals surface area (Å²) >= 11 is 0. The minimum Gasteiger partial charge on any atom is -0.489 e. The van der Waals surface area contributed by atoms with E-state index in [1.54, 1.807) is 13.2 Å². The van der Waals surface area contributed by atoms with E-state index in [2.05, 4.69) is 15.0 Å². The molecule has 0 bridgehead atoms. The van der Waals surface area contributed by atoms with Gasteiger partial charge in [-0.1, -0.05) is 29.4 Å². The Hall–Kier alpha value is -3.17. The zero-order valence-electron chi connectivity index (χ0n) is 19.0.